The molecule has 0 fully saturated rings. The molecule has 1 aromatic rings. The first-order valence-electron chi connectivity index (χ1n) is 4.09. The lowest BCUT2D eigenvalue weighted by Crippen LogP contribution is -2.12. The molecule has 1 N–H and O–H groups in total. The van der Waals surface area contributed by atoms with Crippen LogP contribution in [0.1, 0.15) is 24.1 Å². The Morgan fingerprint density at radius 3 is 2.67 bits per heavy atom. The van der Waals surface area contributed by atoms with Crippen LogP contribution in [0.2, 0.25) is 5.02 Å². The van der Waals surface area contributed by atoms with E-state index in [1.165, 1.54) is 5.56 Å². The zero-order valence-corrected chi connectivity index (χ0v) is 8.44. The summed E-state index contributed by atoms with van der Waals surface area (Å²) in [6.45, 7) is 4.12. The fraction of sp³-hybridized carbons (Fsp3) is 0.400. The molecule has 0 aliphatic heterocycles. The van der Waals surface area contributed by atoms with Crippen molar-refractivity contribution in [2.45, 2.75) is 19.9 Å². The van der Waals surface area contributed by atoms with Crippen LogP contribution in [0.5, 0.6) is 0 Å². The quantitative estimate of drug-likeness (QED) is 0.744. The molecule has 0 saturated heterocycles. The van der Waals surface area contributed by atoms with Crippen molar-refractivity contribution in [2.75, 3.05) is 7.05 Å². The Labute approximate surface area is 78.7 Å². The van der Waals surface area contributed by atoms with Crippen LogP contribution < -0.4 is 5.32 Å². The first-order valence-corrected chi connectivity index (χ1v) is 4.47. The van der Waals surface area contributed by atoms with E-state index in [2.05, 4.69) is 18.3 Å². The molecule has 1 rings (SSSR count). The third-order valence-corrected chi connectivity index (χ3v) is 2.64. The molecule has 0 aromatic heterocycles. The van der Waals surface area contributed by atoms with Gasteiger partial charge in [0.1, 0.15) is 0 Å². The van der Waals surface area contributed by atoms with Gasteiger partial charge in [0, 0.05) is 11.1 Å². The van der Waals surface area contributed by atoms with Crippen LogP contribution in [0.15, 0.2) is 18.2 Å². The molecule has 12 heavy (non-hydrogen) atoms. The fourth-order valence-corrected chi connectivity index (χ4v) is 1.45. The number of hydrogen-bond donors (Lipinski definition) is 1. The summed E-state index contributed by atoms with van der Waals surface area (Å²) < 4.78 is 0. The molecule has 0 saturated carbocycles. The number of halogens is 1. The highest BCUT2D eigenvalue weighted by Gasteiger charge is 2.07. The summed E-state index contributed by atoms with van der Waals surface area (Å²) in [6, 6.07) is 6.42. The minimum Gasteiger partial charge on any atom is -0.313 e. The van der Waals surface area contributed by atoms with Gasteiger partial charge in [-0.2, -0.15) is 0 Å². The van der Waals surface area contributed by atoms with E-state index in [0.29, 0.717) is 6.04 Å². The van der Waals surface area contributed by atoms with Crippen molar-refractivity contribution < 1.29 is 0 Å². The average molecular weight is 184 g/mol. The summed E-state index contributed by atoms with van der Waals surface area (Å²) in [5.41, 5.74) is 2.30. The maximum atomic E-state index is 6.13. The summed E-state index contributed by atoms with van der Waals surface area (Å²) in [5, 5.41) is 4.04. The topological polar surface area (TPSA) is 12.0 Å². The van der Waals surface area contributed by atoms with Crippen molar-refractivity contribution >= 4 is 11.6 Å². The second-order valence-corrected chi connectivity index (χ2v) is 3.37. The zero-order chi connectivity index (χ0) is 9.14. The van der Waals surface area contributed by atoms with Gasteiger partial charge in [0.25, 0.3) is 0 Å². The van der Waals surface area contributed by atoms with Crippen LogP contribution in [0.25, 0.3) is 0 Å². The van der Waals surface area contributed by atoms with Crippen molar-refractivity contribution in [3.8, 4) is 0 Å². The Bertz CT molecular complexity index is 271. The number of hydrogen-bond acceptors (Lipinski definition) is 1. The SMILES string of the molecule is CNC(C)c1cccc(C)c1Cl. The molecule has 0 heterocycles. The van der Waals surface area contributed by atoms with E-state index in [4.69, 9.17) is 11.6 Å². The van der Waals surface area contributed by atoms with E-state index in [-0.39, 0.29) is 0 Å². The molecular weight excluding hydrogens is 170 g/mol. The van der Waals surface area contributed by atoms with E-state index >= 15 is 0 Å². The van der Waals surface area contributed by atoms with Gasteiger partial charge in [-0.1, -0.05) is 29.8 Å². The van der Waals surface area contributed by atoms with Crippen molar-refractivity contribution in [2.24, 2.45) is 0 Å². The monoisotopic (exact) mass is 183 g/mol. The summed E-state index contributed by atoms with van der Waals surface area (Å²) in [4.78, 5) is 0. The van der Waals surface area contributed by atoms with E-state index in [1.807, 2.05) is 26.1 Å². The van der Waals surface area contributed by atoms with Crippen molar-refractivity contribution in [1.82, 2.24) is 5.32 Å². The predicted molar refractivity (Wildman–Crippen MR) is 53.7 cm³/mol. The second kappa shape index (κ2) is 3.92. The minimum absolute atomic E-state index is 0.317. The van der Waals surface area contributed by atoms with Gasteiger partial charge in [-0.05, 0) is 32.0 Å². The minimum atomic E-state index is 0.317. The van der Waals surface area contributed by atoms with Gasteiger partial charge in [-0.3, -0.25) is 0 Å². The lowest BCUT2D eigenvalue weighted by Gasteiger charge is -2.13. The van der Waals surface area contributed by atoms with Crippen LogP contribution >= 0.6 is 11.6 Å². The third kappa shape index (κ3) is 1.79. The molecule has 1 aromatic carbocycles. The van der Waals surface area contributed by atoms with Crippen LogP contribution in [0.3, 0.4) is 0 Å². The molecule has 0 bridgehead atoms. The maximum absolute atomic E-state index is 6.13. The van der Waals surface area contributed by atoms with E-state index < -0.39 is 0 Å². The van der Waals surface area contributed by atoms with E-state index in [1.54, 1.807) is 0 Å². The Balaban J connectivity index is 3.07. The fourth-order valence-electron chi connectivity index (χ4n) is 1.16. The number of aryl methyl sites for hydroxylation is 1. The van der Waals surface area contributed by atoms with Gasteiger partial charge in [-0.15, -0.1) is 0 Å². The first kappa shape index (κ1) is 9.56. The Morgan fingerprint density at radius 1 is 1.42 bits per heavy atom. The summed E-state index contributed by atoms with van der Waals surface area (Å²) in [5.74, 6) is 0. The van der Waals surface area contributed by atoms with Gasteiger partial charge in [0.15, 0.2) is 0 Å². The zero-order valence-electron chi connectivity index (χ0n) is 7.69. The molecule has 1 unspecified atom stereocenters. The van der Waals surface area contributed by atoms with Crippen molar-refractivity contribution in [3.63, 3.8) is 0 Å². The highest BCUT2D eigenvalue weighted by atomic mass is 35.5. The largest absolute Gasteiger partial charge is 0.313 e. The Morgan fingerprint density at radius 2 is 2.08 bits per heavy atom. The third-order valence-electron chi connectivity index (χ3n) is 2.12. The van der Waals surface area contributed by atoms with E-state index in [0.717, 1.165) is 10.6 Å². The lowest BCUT2D eigenvalue weighted by molar-refractivity contribution is 0.652. The van der Waals surface area contributed by atoms with Crippen molar-refractivity contribution in [3.05, 3.63) is 34.3 Å². The number of benzene rings is 1. The Hall–Kier alpha value is -0.530. The lowest BCUT2D eigenvalue weighted by atomic mass is 10.1. The molecule has 2 heteroatoms. The molecule has 66 valence electrons. The number of rotatable bonds is 2. The van der Waals surface area contributed by atoms with Crippen LogP contribution in [0.4, 0.5) is 0 Å². The second-order valence-electron chi connectivity index (χ2n) is 2.99. The molecule has 1 nitrogen and oxygen atoms in total. The van der Waals surface area contributed by atoms with Crippen LogP contribution in [0, 0.1) is 6.92 Å². The van der Waals surface area contributed by atoms with Crippen molar-refractivity contribution in [1.29, 1.82) is 0 Å². The normalized spacial score (nSPS) is 13.0. The van der Waals surface area contributed by atoms with Gasteiger partial charge in [0.2, 0.25) is 0 Å². The predicted octanol–water partition coefficient (Wildman–Crippen LogP) is 2.93. The summed E-state index contributed by atoms with van der Waals surface area (Å²) in [6.07, 6.45) is 0. The van der Waals surface area contributed by atoms with Crippen LogP contribution in [-0.2, 0) is 0 Å². The molecule has 0 aliphatic carbocycles. The number of nitrogens with one attached hydrogen (secondary N) is 1. The Kier molecular flexibility index (Phi) is 3.12. The molecule has 0 amide bonds. The molecule has 0 radical (unpaired) electrons. The van der Waals surface area contributed by atoms with Crippen LogP contribution in [-0.4, -0.2) is 7.05 Å². The first-order chi connectivity index (χ1) is 5.66. The molecule has 1 atom stereocenters. The maximum Gasteiger partial charge on any atom is 0.0482 e. The van der Waals surface area contributed by atoms with Gasteiger partial charge in [0.05, 0.1) is 0 Å². The molecule has 0 spiro atoms. The highest BCUT2D eigenvalue weighted by Crippen LogP contribution is 2.25. The average Bonchev–Trinajstić information content (AvgIpc) is 2.08. The summed E-state index contributed by atoms with van der Waals surface area (Å²) >= 11 is 6.13. The molecule has 0 aliphatic rings. The summed E-state index contributed by atoms with van der Waals surface area (Å²) in [7, 11) is 1.93. The van der Waals surface area contributed by atoms with E-state index in [9.17, 15) is 0 Å². The van der Waals surface area contributed by atoms with Gasteiger partial charge < -0.3 is 5.32 Å². The standard InChI is InChI=1S/C10H14ClN/c1-7-5-4-6-9(10(7)11)8(2)12-3/h4-6,8,12H,1-3H3. The highest BCUT2D eigenvalue weighted by molar-refractivity contribution is 6.32. The van der Waals surface area contributed by atoms with Gasteiger partial charge in [-0.25, -0.2) is 0 Å². The molecular formula is C10H14ClN. The van der Waals surface area contributed by atoms with Gasteiger partial charge >= 0.3 is 0 Å². The smallest absolute Gasteiger partial charge is 0.0482 e.